The van der Waals surface area contributed by atoms with E-state index in [-0.39, 0.29) is 28.5 Å². The van der Waals surface area contributed by atoms with Crippen molar-refractivity contribution in [2.45, 2.75) is 0 Å². The molecule has 54 valence electrons. The van der Waals surface area contributed by atoms with Crippen molar-refractivity contribution in [1.82, 2.24) is 0 Å². The molecular formula is C6H11OPt-3. The average molecular weight is 294 g/mol. The minimum Gasteiger partial charge on any atom is -0.521 e. The zero-order valence-electron chi connectivity index (χ0n) is 5.00. The van der Waals surface area contributed by atoms with Crippen LogP contribution in [-0.4, -0.2) is 6.79 Å². The van der Waals surface area contributed by atoms with E-state index in [9.17, 15) is 0 Å². The standard InChI is InChI=1S/2C2H3.CH2O.CH3.Pt/c3*1-2;;/h2*1H,2H2;1H2;1H3;/q2*-1;;-1;. The molecule has 0 spiro atoms. The molecule has 0 aliphatic carbocycles. The summed E-state index contributed by atoms with van der Waals surface area (Å²) in [6.07, 6.45) is 0. The molecule has 0 heterocycles. The molecule has 0 saturated heterocycles. The molecule has 0 saturated carbocycles. The maximum absolute atomic E-state index is 8.00. The van der Waals surface area contributed by atoms with Gasteiger partial charge in [0.05, 0.1) is 0 Å². The van der Waals surface area contributed by atoms with E-state index < -0.39 is 0 Å². The maximum Gasteiger partial charge on any atom is 0.106 e. The Morgan fingerprint density at radius 2 is 0.875 bits per heavy atom. The largest absolute Gasteiger partial charge is 0.521 e. The minimum absolute atomic E-state index is 0. The van der Waals surface area contributed by atoms with E-state index in [0.29, 0.717) is 0 Å². The summed E-state index contributed by atoms with van der Waals surface area (Å²) in [7, 11) is 0. The van der Waals surface area contributed by atoms with E-state index in [4.69, 9.17) is 4.79 Å². The molecule has 0 aromatic rings. The second-order valence-corrected chi connectivity index (χ2v) is 0. The van der Waals surface area contributed by atoms with Gasteiger partial charge >= 0.3 is 0 Å². The van der Waals surface area contributed by atoms with Crippen LogP contribution in [0.3, 0.4) is 0 Å². The Hall–Kier alpha value is -0.162. The average Bonchev–Trinajstić information content (AvgIpc) is 1.81. The van der Waals surface area contributed by atoms with Gasteiger partial charge in [-0.1, -0.05) is 0 Å². The number of rotatable bonds is 0. The first-order valence-corrected chi connectivity index (χ1v) is 1.11. The third-order valence-electron chi connectivity index (χ3n) is 0. The SMILES string of the molecule is C=O.[CH-]=C.[CH-]=C.[CH3-].[Pt]. The fourth-order valence-electron chi connectivity index (χ4n) is 0. The molecule has 0 aromatic carbocycles. The fourth-order valence-corrected chi connectivity index (χ4v) is 0. The Bertz CT molecular complexity index is 13.2. The first kappa shape index (κ1) is 45.5. The van der Waals surface area contributed by atoms with E-state index in [1.54, 1.807) is 0 Å². The van der Waals surface area contributed by atoms with E-state index >= 15 is 0 Å². The van der Waals surface area contributed by atoms with Crippen molar-refractivity contribution < 1.29 is 25.9 Å². The van der Waals surface area contributed by atoms with Gasteiger partial charge in [-0.3, -0.25) is 13.2 Å². The summed E-state index contributed by atoms with van der Waals surface area (Å²) in [4.78, 5) is 8.00. The predicted molar refractivity (Wildman–Crippen MR) is 33.4 cm³/mol. The summed E-state index contributed by atoms with van der Waals surface area (Å²) in [5.74, 6) is 0. The van der Waals surface area contributed by atoms with Crippen molar-refractivity contribution in [3.8, 4) is 0 Å². The van der Waals surface area contributed by atoms with Crippen LogP contribution in [0.25, 0.3) is 0 Å². The van der Waals surface area contributed by atoms with E-state index in [1.807, 2.05) is 6.79 Å². The van der Waals surface area contributed by atoms with Gasteiger partial charge in [0.1, 0.15) is 6.79 Å². The van der Waals surface area contributed by atoms with Gasteiger partial charge in [0, 0.05) is 21.1 Å². The molecule has 0 fully saturated rings. The van der Waals surface area contributed by atoms with Crippen LogP contribution >= 0.6 is 0 Å². The number of hydrogen-bond acceptors (Lipinski definition) is 1. The molecule has 0 bridgehead atoms. The molecule has 0 amide bonds. The third-order valence-corrected chi connectivity index (χ3v) is 0. The Morgan fingerprint density at radius 1 is 0.875 bits per heavy atom. The van der Waals surface area contributed by atoms with Crippen LogP contribution in [0.2, 0.25) is 0 Å². The minimum atomic E-state index is 0. The van der Waals surface area contributed by atoms with Crippen LogP contribution in [-0.2, 0) is 25.9 Å². The van der Waals surface area contributed by atoms with Gasteiger partial charge in [-0.15, -0.1) is 0 Å². The second-order valence-electron chi connectivity index (χ2n) is 0. The van der Waals surface area contributed by atoms with E-state index in [2.05, 4.69) is 26.3 Å². The van der Waals surface area contributed by atoms with Crippen molar-refractivity contribution in [2.24, 2.45) is 0 Å². The molecule has 8 heavy (non-hydrogen) atoms. The third kappa shape index (κ3) is 5230. The van der Waals surface area contributed by atoms with Gasteiger partial charge in [0.25, 0.3) is 0 Å². The van der Waals surface area contributed by atoms with Crippen molar-refractivity contribution in [1.29, 1.82) is 0 Å². The molecule has 0 atom stereocenters. The molecule has 0 aromatic heterocycles. The smallest absolute Gasteiger partial charge is 0.106 e. The van der Waals surface area contributed by atoms with Gasteiger partial charge in [-0.25, -0.2) is 0 Å². The molecular weight excluding hydrogens is 283 g/mol. The maximum atomic E-state index is 8.00. The van der Waals surface area contributed by atoms with E-state index in [1.165, 1.54) is 0 Å². The quantitative estimate of drug-likeness (QED) is 0.618. The van der Waals surface area contributed by atoms with Crippen molar-refractivity contribution in [3.63, 3.8) is 0 Å². The predicted octanol–water partition coefficient (Wildman–Crippen LogP) is 1.47. The van der Waals surface area contributed by atoms with Crippen molar-refractivity contribution >= 4 is 6.79 Å². The zero-order chi connectivity index (χ0) is 6.00. The van der Waals surface area contributed by atoms with Crippen LogP contribution in [0, 0.1) is 20.6 Å². The number of hydrogen-bond donors (Lipinski definition) is 0. The zero-order valence-corrected chi connectivity index (χ0v) is 7.27. The van der Waals surface area contributed by atoms with Gasteiger partial charge < -0.3 is 25.4 Å². The van der Waals surface area contributed by atoms with Gasteiger partial charge in [-0.2, -0.15) is 0 Å². The molecule has 1 nitrogen and oxygen atoms in total. The Balaban J connectivity index is -0.00000000500. The molecule has 2 heteroatoms. The molecule has 0 N–H and O–H groups in total. The molecule has 0 unspecified atom stereocenters. The summed E-state index contributed by atoms with van der Waals surface area (Å²) in [5.41, 5.74) is 0. The Morgan fingerprint density at radius 3 is 0.875 bits per heavy atom. The summed E-state index contributed by atoms with van der Waals surface area (Å²) in [6.45, 7) is 16.0. The second kappa shape index (κ2) is 8920. The summed E-state index contributed by atoms with van der Waals surface area (Å²) in [6, 6.07) is 0. The van der Waals surface area contributed by atoms with Crippen LogP contribution in [0.5, 0.6) is 0 Å². The van der Waals surface area contributed by atoms with Gasteiger partial charge in [-0.05, 0) is 0 Å². The van der Waals surface area contributed by atoms with Gasteiger partial charge in [0.2, 0.25) is 0 Å². The van der Waals surface area contributed by atoms with Crippen LogP contribution in [0.15, 0.2) is 13.2 Å². The Labute approximate surface area is 66.8 Å². The molecule has 0 rings (SSSR count). The van der Waals surface area contributed by atoms with E-state index in [0.717, 1.165) is 0 Å². The van der Waals surface area contributed by atoms with Crippen molar-refractivity contribution in [2.75, 3.05) is 0 Å². The van der Waals surface area contributed by atoms with Gasteiger partial charge in [0.15, 0.2) is 0 Å². The topological polar surface area (TPSA) is 17.1 Å². The summed E-state index contributed by atoms with van der Waals surface area (Å²) in [5, 5.41) is 0. The molecule has 0 aliphatic heterocycles. The normalized spacial score (nSPS) is 1.50. The summed E-state index contributed by atoms with van der Waals surface area (Å²) < 4.78 is 0. The van der Waals surface area contributed by atoms with Crippen LogP contribution in [0.1, 0.15) is 0 Å². The van der Waals surface area contributed by atoms with Crippen LogP contribution < -0.4 is 0 Å². The first-order chi connectivity index (χ1) is 3.00. The molecule has 0 radical (unpaired) electrons. The van der Waals surface area contributed by atoms with Crippen molar-refractivity contribution in [3.05, 3.63) is 33.7 Å². The van der Waals surface area contributed by atoms with Crippen LogP contribution in [0.4, 0.5) is 0 Å². The Kier molecular flexibility index (Phi) is 50700. The number of carbonyl (C=O) groups is 1. The summed E-state index contributed by atoms with van der Waals surface area (Å²) >= 11 is 0. The molecule has 0 aliphatic rings. The first-order valence-electron chi connectivity index (χ1n) is 1.11. The number of carbonyl (C=O) groups excluding carboxylic acids is 1. The monoisotopic (exact) mass is 294 g/mol. The fraction of sp³-hybridized carbons (Fsp3) is 0.